The van der Waals surface area contributed by atoms with Gasteiger partial charge < -0.3 is 34.3 Å². The van der Waals surface area contributed by atoms with E-state index in [0.29, 0.717) is 42.7 Å². The van der Waals surface area contributed by atoms with Crippen LogP contribution in [0.1, 0.15) is 30.4 Å². The fourth-order valence-electron chi connectivity index (χ4n) is 3.58. The lowest BCUT2D eigenvalue weighted by molar-refractivity contribution is -0.0447. The lowest BCUT2D eigenvalue weighted by Gasteiger charge is -2.22. The van der Waals surface area contributed by atoms with Crippen LogP contribution < -0.4 is 24.8 Å². The molecule has 1 heterocycles. The fourth-order valence-corrected chi connectivity index (χ4v) is 3.58. The van der Waals surface area contributed by atoms with Gasteiger partial charge in [-0.2, -0.15) is 0 Å². The molecule has 1 aliphatic rings. The number of benzene rings is 2. The zero-order valence-electron chi connectivity index (χ0n) is 18.9. The minimum Gasteiger partial charge on any atom is -0.493 e. The fraction of sp³-hybridized carbons (Fsp3) is 0.458. The predicted octanol–water partition coefficient (Wildman–Crippen LogP) is 4.12. The molecule has 2 amide bonds. The Bertz CT molecular complexity index is 858. The lowest BCUT2D eigenvalue weighted by atomic mass is 10.1. The van der Waals surface area contributed by atoms with Crippen LogP contribution in [-0.2, 0) is 22.6 Å². The Morgan fingerprint density at radius 3 is 2.47 bits per heavy atom. The molecule has 174 valence electrons. The number of rotatable bonds is 10. The zero-order chi connectivity index (χ0) is 22.8. The van der Waals surface area contributed by atoms with Gasteiger partial charge in [0.25, 0.3) is 0 Å². The van der Waals surface area contributed by atoms with Gasteiger partial charge in [0.05, 0.1) is 40.6 Å². The normalized spacial score (nSPS) is 15.7. The number of nitrogens with one attached hydrogen (secondary N) is 2. The van der Waals surface area contributed by atoms with E-state index in [-0.39, 0.29) is 12.1 Å². The Hall–Kier alpha value is -2.97. The predicted molar refractivity (Wildman–Crippen MR) is 122 cm³/mol. The highest BCUT2D eigenvalue weighted by Gasteiger charge is 2.15. The number of amides is 2. The monoisotopic (exact) mass is 444 g/mol. The Morgan fingerprint density at radius 1 is 1.03 bits per heavy atom. The average Bonchev–Trinajstić information content (AvgIpc) is 2.83. The van der Waals surface area contributed by atoms with Crippen LogP contribution >= 0.6 is 0 Å². The molecule has 0 saturated carbocycles. The summed E-state index contributed by atoms with van der Waals surface area (Å²) in [7, 11) is 4.66. The minimum absolute atomic E-state index is 0.186. The number of hydrogen-bond donors (Lipinski definition) is 2. The third kappa shape index (κ3) is 6.77. The number of carbonyl (C=O) groups excluding carboxylic acids is 1. The summed E-state index contributed by atoms with van der Waals surface area (Å²) >= 11 is 0. The van der Waals surface area contributed by atoms with Crippen molar-refractivity contribution in [3.05, 3.63) is 47.5 Å². The molecule has 1 saturated heterocycles. The van der Waals surface area contributed by atoms with Gasteiger partial charge in [-0.05, 0) is 54.7 Å². The van der Waals surface area contributed by atoms with Gasteiger partial charge >= 0.3 is 6.03 Å². The Kier molecular flexibility index (Phi) is 9.01. The largest absolute Gasteiger partial charge is 0.493 e. The van der Waals surface area contributed by atoms with Gasteiger partial charge in [-0.15, -0.1) is 0 Å². The first kappa shape index (κ1) is 23.7. The molecule has 3 rings (SSSR count). The smallest absolute Gasteiger partial charge is 0.319 e. The van der Waals surface area contributed by atoms with Crippen LogP contribution in [0.4, 0.5) is 10.5 Å². The van der Waals surface area contributed by atoms with Crippen molar-refractivity contribution in [1.82, 2.24) is 5.32 Å². The first-order valence-electron chi connectivity index (χ1n) is 10.7. The Labute approximate surface area is 189 Å². The molecule has 0 radical (unpaired) electrons. The Balaban J connectivity index is 1.50. The average molecular weight is 445 g/mol. The van der Waals surface area contributed by atoms with Gasteiger partial charge in [-0.1, -0.05) is 12.1 Å². The number of hydrogen-bond acceptors (Lipinski definition) is 6. The molecule has 8 heteroatoms. The summed E-state index contributed by atoms with van der Waals surface area (Å²) in [5.41, 5.74) is 2.51. The third-order valence-corrected chi connectivity index (χ3v) is 5.21. The van der Waals surface area contributed by atoms with E-state index < -0.39 is 0 Å². The van der Waals surface area contributed by atoms with Crippen molar-refractivity contribution >= 4 is 11.7 Å². The van der Waals surface area contributed by atoms with Gasteiger partial charge in [0.15, 0.2) is 11.5 Å². The highest BCUT2D eigenvalue weighted by Crippen LogP contribution is 2.38. The van der Waals surface area contributed by atoms with Gasteiger partial charge in [0.1, 0.15) is 0 Å². The first-order valence-corrected chi connectivity index (χ1v) is 10.7. The van der Waals surface area contributed by atoms with E-state index in [1.54, 1.807) is 33.5 Å². The van der Waals surface area contributed by atoms with E-state index in [1.165, 1.54) is 6.42 Å². The van der Waals surface area contributed by atoms with Crippen molar-refractivity contribution in [2.45, 2.75) is 38.5 Å². The van der Waals surface area contributed by atoms with E-state index in [1.807, 2.05) is 24.3 Å². The maximum Gasteiger partial charge on any atom is 0.319 e. The summed E-state index contributed by atoms with van der Waals surface area (Å²) in [6, 6.07) is 10.9. The molecule has 1 unspecified atom stereocenters. The molecule has 2 aromatic carbocycles. The van der Waals surface area contributed by atoms with Crippen LogP contribution in [0.15, 0.2) is 36.4 Å². The SMILES string of the molecule is COc1cc(CNC(=O)Nc2cccc(COCC3CCCCO3)c2)cc(OC)c1OC. The first-order chi connectivity index (χ1) is 15.6. The van der Waals surface area contributed by atoms with E-state index in [2.05, 4.69) is 10.6 Å². The molecular weight excluding hydrogens is 412 g/mol. The van der Waals surface area contributed by atoms with Crippen molar-refractivity contribution in [1.29, 1.82) is 0 Å². The van der Waals surface area contributed by atoms with E-state index in [4.69, 9.17) is 23.7 Å². The second-order valence-corrected chi connectivity index (χ2v) is 7.55. The summed E-state index contributed by atoms with van der Waals surface area (Å²) in [6.07, 6.45) is 3.56. The molecule has 1 fully saturated rings. The molecule has 0 spiro atoms. The lowest BCUT2D eigenvalue weighted by Crippen LogP contribution is -2.28. The summed E-state index contributed by atoms with van der Waals surface area (Å²) < 4.78 is 27.5. The maximum atomic E-state index is 12.4. The molecular formula is C24H32N2O6. The topological polar surface area (TPSA) is 87.3 Å². The summed E-state index contributed by atoms with van der Waals surface area (Å²) in [5.74, 6) is 1.59. The molecule has 0 aromatic heterocycles. The molecule has 0 bridgehead atoms. The number of ether oxygens (including phenoxy) is 5. The van der Waals surface area contributed by atoms with Crippen molar-refractivity contribution in [2.24, 2.45) is 0 Å². The molecule has 8 nitrogen and oxygen atoms in total. The van der Waals surface area contributed by atoms with Gasteiger partial charge in [-0.3, -0.25) is 0 Å². The molecule has 1 atom stereocenters. The van der Waals surface area contributed by atoms with Crippen LogP contribution in [0.2, 0.25) is 0 Å². The maximum absolute atomic E-state index is 12.4. The summed E-state index contributed by atoms with van der Waals surface area (Å²) in [5, 5.41) is 5.70. The van der Waals surface area contributed by atoms with E-state index >= 15 is 0 Å². The summed E-state index contributed by atoms with van der Waals surface area (Å²) in [6.45, 7) is 2.18. The number of methoxy groups -OCH3 is 3. The van der Waals surface area contributed by atoms with Gasteiger partial charge in [-0.25, -0.2) is 4.79 Å². The van der Waals surface area contributed by atoms with Crippen LogP contribution in [0.5, 0.6) is 17.2 Å². The highest BCUT2D eigenvalue weighted by atomic mass is 16.5. The van der Waals surface area contributed by atoms with Crippen LogP contribution in [0.3, 0.4) is 0 Å². The standard InChI is InChI=1S/C24H32N2O6/c1-28-21-12-18(13-22(29-2)23(21)30-3)14-25-24(27)26-19-8-6-7-17(11-19)15-31-16-20-9-4-5-10-32-20/h6-8,11-13,20H,4-5,9-10,14-16H2,1-3H3,(H2,25,26,27). The van der Waals surface area contributed by atoms with Crippen LogP contribution in [-0.4, -0.2) is 46.7 Å². The second-order valence-electron chi connectivity index (χ2n) is 7.55. The zero-order valence-corrected chi connectivity index (χ0v) is 18.9. The molecule has 2 aromatic rings. The second kappa shape index (κ2) is 12.2. The number of carbonyl (C=O) groups is 1. The van der Waals surface area contributed by atoms with E-state index in [9.17, 15) is 4.79 Å². The van der Waals surface area contributed by atoms with Crippen LogP contribution in [0, 0.1) is 0 Å². The molecule has 1 aliphatic heterocycles. The van der Waals surface area contributed by atoms with Gasteiger partial charge in [0, 0.05) is 18.8 Å². The number of anilines is 1. The minimum atomic E-state index is -0.313. The van der Waals surface area contributed by atoms with Crippen molar-refractivity contribution in [3.8, 4) is 17.2 Å². The number of urea groups is 1. The molecule has 2 N–H and O–H groups in total. The van der Waals surface area contributed by atoms with Crippen molar-refractivity contribution in [2.75, 3.05) is 39.9 Å². The third-order valence-electron chi connectivity index (χ3n) is 5.21. The Morgan fingerprint density at radius 2 is 1.81 bits per heavy atom. The van der Waals surface area contributed by atoms with Crippen molar-refractivity contribution in [3.63, 3.8) is 0 Å². The molecule has 0 aliphatic carbocycles. The quantitative estimate of drug-likeness (QED) is 0.573. The molecule has 32 heavy (non-hydrogen) atoms. The van der Waals surface area contributed by atoms with Crippen molar-refractivity contribution < 1.29 is 28.5 Å². The van der Waals surface area contributed by atoms with Crippen LogP contribution in [0.25, 0.3) is 0 Å². The summed E-state index contributed by atoms with van der Waals surface area (Å²) in [4.78, 5) is 12.4. The van der Waals surface area contributed by atoms with E-state index in [0.717, 1.165) is 30.6 Å². The van der Waals surface area contributed by atoms with Gasteiger partial charge in [0.2, 0.25) is 5.75 Å². The highest BCUT2D eigenvalue weighted by molar-refractivity contribution is 5.89.